The Morgan fingerprint density at radius 2 is 2.36 bits per heavy atom. The summed E-state index contributed by atoms with van der Waals surface area (Å²) in [5.41, 5.74) is 0. The standard InChI is InChI=1S/C7H10N2OS/c1-6(2)11-7(10)9-4-3-8-5-9/h3-6H,1-2H3. The molecule has 0 spiro atoms. The summed E-state index contributed by atoms with van der Waals surface area (Å²) in [7, 11) is 0. The molecule has 0 radical (unpaired) electrons. The van der Waals surface area contributed by atoms with Crippen LogP contribution in [0, 0.1) is 0 Å². The normalized spacial score (nSPS) is 10.5. The van der Waals surface area contributed by atoms with Crippen molar-refractivity contribution in [3.8, 4) is 0 Å². The van der Waals surface area contributed by atoms with Gasteiger partial charge >= 0.3 is 0 Å². The average Bonchev–Trinajstić information content (AvgIpc) is 2.35. The second-order valence-corrected chi connectivity index (χ2v) is 3.93. The lowest BCUT2D eigenvalue weighted by atomic mass is 10.6. The van der Waals surface area contributed by atoms with Gasteiger partial charge in [-0.2, -0.15) is 0 Å². The lowest BCUT2D eigenvalue weighted by Crippen LogP contribution is -2.05. The van der Waals surface area contributed by atoms with Gasteiger partial charge in [-0.3, -0.25) is 9.36 Å². The Hall–Kier alpha value is -0.770. The first-order valence-electron chi connectivity index (χ1n) is 3.39. The number of carbonyl (C=O) groups excluding carboxylic acids is 1. The van der Waals surface area contributed by atoms with Gasteiger partial charge in [0.25, 0.3) is 5.24 Å². The number of aromatic nitrogens is 2. The third-order valence-electron chi connectivity index (χ3n) is 1.05. The minimum atomic E-state index is 0.0255. The molecule has 0 saturated carbocycles. The van der Waals surface area contributed by atoms with Crippen molar-refractivity contribution in [2.75, 3.05) is 0 Å². The zero-order chi connectivity index (χ0) is 8.27. The Labute approximate surface area is 69.8 Å². The molecule has 0 saturated heterocycles. The fourth-order valence-corrected chi connectivity index (χ4v) is 1.26. The molecule has 4 heteroatoms. The summed E-state index contributed by atoms with van der Waals surface area (Å²) < 4.78 is 1.48. The molecular formula is C7H10N2OS. The molecule has 0 atom stereocenters. The van der Waals surface area contributed by atoms with Crippen LogP contribution >= 0.6 is 11.8 Å². The van der Waals surface area contributed by atoms with Gasteiger partial charge in [-0.25, -0.2) is 4.98 Å². The molecule has 60 valence electrons. The van der Waals surface area contributed by atoms with Crippen LogP contribution in [0.4, 0.5) is 4.79 Å². The first-order valence-corrected chi connectivity index (χ1v) is 4.27. The number of imidazole rings is 1. The summed E-state index contributed by atoms with van der Waals surface area (Å²) in [5, 5.41) is 0.349. The van der Waals surface area contributed by atoms with E-state index in [2.05, 4.69) is 4.98 Å². The Bertz CT molecular complexity index is 231. The van der Waals surface area contributed by atoms with E-state index in [1.54, 1.807) is 12.4 Å². The number of nitrogens with zero attached hydrogens (tertiary/aromatic N) is 2. The summed E-state index contributed by atoms with van der Waals surface area (Å²) in [5.74, 6) is 0. The number of carbonyl (C=O) groups is 1. The van der Waals surface area contributed by atoms with Gasteiger partial charge in [0.1, 0.15) is 6.33 Å². The molecule has 0 aliphatic carbocycles. The van der Waals surface area contributed by atoms with Crippen molar-refractivity contribution >= 4 is 17.0 Å². The highest BCUT2D eigenvalue weighted by Gasteiger charge is 2.06. The first-order chi connectivity index (χ1) is 5.20. The van der Waals surface area contributed by atoms with E-state index in [1.165, 1.54) is 22.7 Å². The van der Waals surface area contributed by atoms with Gasteiger partial charge < -0.3 is 0 Å². The Kier molecular flexibility index (Phi) is 2.70. The topological polar surface area (TPSA) is 34.9 Å². The smallest absolute Gasteiger partial charge is 0.267 e. The lowest BCUT2D eigenvalue weighted by Gasteiger charge is -2.01. The summed E-state index contributed by atoms with van der Waals surface area (Å²) in [6.45, 7) is 3.97. The highest BCUT2D eigenvalue weighted by molar-refractivity contribution is 8.14. The molecule has 1 heterocycles. The van der Waals surface area contributed by atoms with Crippen molar-refractivity contribution in [1.82, 2.24) is 9.55 Å². The predicted octanol–water partition coefficient (Wildman–Crippen LogP) is 1.99. The molecule has 11 heavy (non-hydrogen) atoms. The van der Waals surface area contributed by atoms with E-state index in [4.69, 9.17) is 0 Å². The van der Waals surface area contributed by atoms with E-state index in [9.17, 15) is 4.79 Å². The maximum Gasteiger partial charge on any atom is 0.291 e. The molecule has 0 N–H and O–H groups in total. The highest BCUT2D eigenvalue weighted by Crippen LogP contribution is 2.12. The number of rotatable bonds is 1. The van der Waals surface area contributed by atoms with E-state index in [0.717, 1.165) is 0 Å². The first kappa shape index (κ1) is 8.33. The SMILES string of the molecule is CC(C)SC(=O)n1ccnc1. The number of hydrogen-bond donors (Lipinski definition) is 0. The molecule has 1 aromatic rings. The third kappa shape index (κ3) is 2.38. The van der Waals surface area contributed by atoms with Crippen LogP contribution in [-0.4, -0.2) is 20.0 Å². The van der Waals surface area contributed by atoms with E-state index in [1.807, 2.05) is 13.8 Å². The van der Waals surface area contributed by atoms with Crippen molar-refractivity contribution in [2.45, 2.75) is 19.1 Å². The van der Waals surface area contributed by atoms with Gasteiger partial charge in [0.15, 0.2) is 0 Å². The quantitative estimate of drug-likeness (QED) is 0.646. The highest BCUT2D eigenvalue weighted by atomic mass is 32.2. The Balaban J connectivity index is 2.57. The predicted molar refractivity (Wildman–Crippen MR) is 45.7 cm³/mol. The Morgan fingerprint density at radius 1 is 1.64 bits per heavy atom. The fraction of sp³-hybridized carbons (Fsp3) is 0.429. The van der Waals surface area contributed by atoms with Crippen molar-refractivity contribution < 1.29 is 4.79 Å². The molecule has 0 amide bonds. The minimum absolute atomic E-state index is 0.0255. The molecule has 1 aromatic heterocycles. The Morgan fingerprint density at radius 3 is 2.82 bits per heavy atom. The molecule has 0 aliphatic heterocycles. The van der Waals surface area contributed by atoms with E-state index < -0.39 is 0 Å². The maximum atomic E-state index is 11.2. The molecule has 0 unspecified atom stereocenters. The van der Waals surface area contributed by atoms with Crippen LogP contribution in [0.1, 0.15) is 13.8 Å². The minimum Gasteiger partial charge on any atom is -0.267 e. The molecule has 0 fully saturated rings. The zero-order valence-corrected chi connectivity index (χ0v) is 7.34. The summed E-state index contributed by atoms with van der Waals surface area (Å²) in [6, 6.07) is 0. The van der Waals surface area contributed by atoms with Gasteiger partial charge in [-0.1, -0.05) is 25.6 Å². The molecule has 0 aromatic carbocycles. The van der Waals surface area contributed by atoms with Gasteiger partial charge in [-0.15, -0.1) is 0 Å². The van der Waals surface area contributed by atoms with Crippen LogP contribution in [-0.2, 0) is 0 Å². The fourth-order valence-electron chi connectivity index (χ4n) is 0.630. The van der Waals surface area contributed by atoms with Crippen molar-refractivity contribution in [3.05, 3.63) is 18.7 Å². The van der Waals surface area contributed by atoms with Crippen LogP contribution in [0.5, 0.6) is 0 Å². The zero-order valence-electron chi connectivity index (χ0n) is 6.52. The van der Waals surface area contributed by atoms with Gasteiger partial charge in [0.05, 0.1) is 0 Å². The number of thioether (sulfide) groups is 1. The largest absolute Gasteiger partial charge is 0.291 e. The lowest BCUT2D eigenvalue weighted by molar-refractivity contribution is 0.262. The van der Waals surface area contributed by atoms with Crippen molar-refractivity contribution in [1.29, 1.82) is 0 Å². The molecule has 3 nitrogen and oxygen atoms in total. The third-order valence-corrected chi connectivity index (χ3v) is 1.94. The van der Waals surface area contributed by atoms with Gasteiger partial charge in [-0.05, 0) is 0 Å². The molecule has 0 bridgehead atoms. The van der Waals surface area contributed by atoms with E-state index in [-0.39, 0.29) is 5.24 Å². The van der Waals surface area contributed by atoms with Crippen molar-refractivity contribution in [3.63, 3.8) is 0 Å². The van der Waals surface area contributed by atoms with Crippen LogP contribution in [0.15, 0.2) is 18.7 Å². The summed E-state index contributed by atoms with van der Waals surface area (Å²) >= 11 is 1.30. The second-order valence-electron chi connectivity index (χ2n) is 2.40. The van der Waals surface area contributed by atoms with E-state index >= 15 is 0 Å². The summed E-state index contributed by atoms with van der Waals surface area (Å²) in [4.78, 5) is 15.0. The van der Waals surface area contributed by atoms with E-state index in [0.29, 0.717) is 5.25 Å². The van der Waals surface area contributed by atoms with Crippen LogP contribution in [0.25, 0.3) is 0 Å². The average molecular weight is 170 g/mol. The van der Waals surface area contributed by atoms with Crippen molar-refractivity contribution in [2.24, 2.45) is 0 Å². The van der Waals surface area contributed by atoms with Crippen LogP contribution in [0.2, 0.25) is 0 Å². The summed E-state index contributed by atoms with van der Waals surface area (Å²) in [6.07, 6.45) is 4.76. The molecule has 1 rings (SSSR count). The van der Waals surface area contributed by atoms with Crippen LogP contribution in [0.3, 0.4) is 0 Å². The maximum absolute atomic E-state index is 11.2. The second kappa shape index (κ2) is 3.57. The number of hydrogen-bond acceptors (Lipinski definition) is 3. The molecule has 0 aliphatic rings. The monoisotopic (exact) mass is 170 g/mol. The van der Waals surface area contributed by atoms with Gasteiger partial charge in [0.2, 0.25) is 0 Å². The molecular weight excluding hydrogens is 160 g/mol. The van der Waals surface area contributed by atoms with Gasteiger partial charge in [0, 0.05) is 17.6 Å². The van der Waals surface area contributed by atoms with Crippen LogP contribution < -0.4 is 0 Å².